The van der Waals surface area contributed by atoms with Crippen LogP contribution >= 0.6 is 0 Å². The number of amides is 3. The summed E-state index contributed by atoms with van der Waals surface area (Å²) in [6.07, 6.45) is 1.50. The van der Waals surface area contributed by atoms with E-state index in [0.717, 1.165) is 0 Å². The van der Waals surface area contributed by atoms with Crippen LogP contribution in [0.25, 0.3) is 0 Å². The van der Waals surface area contributed by atoms with Gasteiger partial charge in [-0.25, -0.2) is 14.8 Å². The Balaban J connectivity index is 3.07. The van der Waals surface area contributed by atoms with Crippen LogP contribution in [0.15, 0.2) is 6.20 Å². The molecule has 104 valence electrons. The predicted molar refractivity (Wildman–Crippen MR) is 73.2 cm³/mol. The Morgan fingerprint density at radius 3 is 2.53 bits per heavy atom. The number of urea groups is 1. The second kappa shape index (κ2) is 6.12. The molecule has 7 heteroatoms. The van der Waals surface area contributed by atoms with Gasteiger partial charge in [-0.1, -0.05) is 0 Å². The van der Waals surface area contributed by atoms with E-state index >= 15 is 0 Å². The Hall–Kier alpha value is -2.18. The van der Waals surface area contributed by atoms with Crippen molar-refractivity contribution >= 4 is 23.4 Å². The van der Waals surface area contributed by atoms with Gasteiger partial charge in [-0.05, 0) is 13.8 Å². The zero-order chi connectivity index (χ0) is 14.6. The van der Waals surface area contributed by atoms with Gasteiger partial charge in [0.1, 0.15) is 11.5 Å². The second-order valence-electron chi connectivity index (χ2n) is 4.18. The van der Waals surface area contributed by atoms with Crippen molar-refractivity contribution in [2.45, 2.75) is 20.8 Å². The molecule has 0 aliphatic rings. The standard InChI is InChI=1S/C12H19N5O2/c1-6-16(4)12(19)15-10-7-13-8(2)14-11(10)17(5)9(3)18/h7H,6H2,1-5H3,(H,15,19). The van der Waals surface area contributed by atoms with Crippen molar-refractivity contribution in [2.75, 3.05) is 30.9 Å². The molecule has 0 bridgehead atoms. The number of nitrogens with zero attached hydrogens (tertiary/aromatic N) is 4. The molecule has 0 saturated heterocycles. The van der Waals surface area contributed by atoms with Crippen LogP contribution in [0.5, 0.6) is 0 Å². The molecule has 0 aromatic carbocycles. The highest BCUT2D eigenvalue weighted by Gasteiger charge is 2.16. The van der Waals surface area contributed by atoms with Gasteiger partial charge < -0.3 is 10.2 Å². The summed E-state index contributed by atoms with van der Waals surface area (Å²) in [5.41, 5.74) is 0.411. The van der Waals surface area contributed by atoms with E-state index in [-0.39, 0.29) is 11.9 Å². The number of hydrogen-bond acceptors (Lipinski definition) is 4. The molecule has 1 rings (SSSR count). The summed E-state index contributed by atoms with van der Waals surface area (Å²) in [6.45, 7) is 5.60. The minimum atomic E-state index is -0.270. The number of aryl methyl sites for hydroxylation is 1. The molecular weight excluding hydrogens is 246 g/mol. The van der Waals surface area contributed by atoms with Crippen LogP contribution in [0.3, 0.4) is 0 Å². The molecule has 0 spiro atoms. The van der Waals surface area contributed by atoms with Crippen molar-refractivity contribution in [1.29, 1.82) is 0 Å². The third kappa shape index (κ3) is 3.64. The first-order chi connectivity index (χ1) is 8.86. The Morgan fingerprint density at radius 1 is 1.37 bits per heavy atom. The molecule has 0 aliphatic carbocycles. The maximum Gasteiger partial charge on any atom is 0.321 e. The van der Waals surface area contributed by atoms with E-state index in [1.807, 2.05) is 6.92 Å². The molecule has 1 N–H and O–H groups in total. The predicted octanol–water partition coefficient (Wildman–Crippen LogP) is 1.25. The van der Waals surface area contributed by atoms with E-state index in [1.165, 1.54) is 22.9 Å². The number of aromatic nitrogens is 2. The second-order valence-corrected chi connectivity index (χ2v) is 4.18. The molecule has 0 atom stereocenters. The molecule has 0 saturated carbocycles. The van der Waals surface area contributed by atoms with E-state index in [1.54, 1.807) is 21.0 Å². The zero-order valence-corrected chi connectivity index (χ0v) is 11.9. The summed E-state index contributed by atoms with van der Waals surface area (Å²) < 4.78 is 0. The molecule has 19 heavy (non-hydrogen) atoms. The van der Waals surface area contributed by atoms with Crippen molar-refractivity contribution in [3.63, 3.8) is 0 Å². The van der Waals surface area contributed by atoms with Gasteiger partial charge in [0.25, 0.3) is 0 Å². The van der Waals surface area contributed by atoms with Crippen molar-refractivity contribution in [2.24, 2.45) is 0 Å². The Labute approximate surface area is 112 Å². The Morgan fingerprint density at radius 2 is 2.00 bits per heavy atom. The third-order valence-corrected chi connectivity index (χ3v) is 2.74. The van der Waals surface area contributed by atoms with Gasteiger partial charge in [-0.3, -0.25) is 9.69 Å². The van der Waals surface area contributed by atoms with Gasteiger partial charge in [0.15, 0.2) is 5.82 Å². The van der Waals surface area contributed by atoms with Crippen LogP contribution in [0, 0.1) is 6.92 Å². The van der Waals surface area contributed by atoms with Crippen LogP contribution in [0.2, 0.25) is 0 Å². The van der Waals surface area contributed by atoms with Gasteiger partial charge in [-0.15, -0.1) is 0 Å². The smallest absolute Gasteiger partial charge is 0.321 e. The van der Waals surface area contributed by atoms with Gasteiger partial charge in [-0.2, -0.15) is 0 Å². The Kier molecular flexibility index (Phi) is 4.80. The Bertz CT molecular complexity index is 489. The van der Waals surface area contributed by atoms with Crippen molar-refractivity contribution in [1.82, 2.24) is 14.9 Å². The molecule has 0 radical (unpaired) electrons. The monoisotopic (exact) mass is 265 g/mol. The number of rotatable bonds is 3. The quantitative estimate of drug-likeness (QED) is 0.892. The molecule has 3 amide bonds. The van der Waals surface area contributed by atoms with Crippen LogP contribution < -0.4 is 10.2 Å². The van der Waals surface area contributed by atoms with E-state index < -0.39 is 0 Å². The topological polar surface area (TPSA) is 78.4 Å². The van der Waals surface area contributed by atoms with E-state index in [9.17, 15) is 9.59 Å². The SMILES string of the molecule is CCN(C)C(=O)Nc1cnc(C)nc1N(C)C(C)=O. The van der Waals surface area contributed by atoms with E-state index in [2.05, 4.69) is 15.3 Å². The lowest BCUT2D eigenvalue weighted by Gasteiger charge is -2.20. The maximum atomic E-state index is 11.8. The highest BCUT2D eigenvalue weighted by Crippen LogP contribution is 2.21. The minimum Gasteiger partial charge on any atom is -0.328 e. The van der Waals surface area contributed by atoms with Crippen LogP contribution in [0.4, 0.5) is 16.3 Å². The molecule has 7 nitrogen and oxygen atoms in total. The lowest BCUT2D eigenvalue weighted by Crippen LogP contribution is -2.32. The summed E-state index contributed by atoms with van der Waals surface area (Å²) in [4.78, 5) is 34.4. The molecule has 1 aromatic heterocycles. The highest BCUT2D eigenvalue weighted by atomic mass is 16.2. The summed E-state index contributed by atoms with van der Waals surface area (Å²) in [6, 6.07) is -0.270. The fourth-order valence-electron chi connectivity index (χ4n) is 1.31. The first kappa shape index (κ1) is 14.9. The first-order valence-electron chi connectivity index (χ1n) is 5.96. The van der Waals surface area contributed by atoms with Gasteiger partial charge in [0.2, 0.25) is 5.91 Å². The lowest BCUT2D eigenvalue weighted by molar-refractivity contribution is -0.116. The summed E-state index contributed by atoms with van der Waals surface area (Å²) in [5, 5.41) is 2.69. The number of anilines is 2. The molecule has 0 unspecified atom stereocenters. The van der Waals surface area contributed by atoms with E-state index in [0.29, 0.717) is 23.9 Å². The normalized spacial score (nSPS) is 9.95. The molecule has 0 aliphatic heterocycles. The van der Waals surface area contributed by atoms with Crippen molar-refractivity contribution in [3.8, 4) is 0 Å². The molecule has 1 heterocycles. The zero-order valence-electron chi connectivity index (χ0n) is 11.9. The summed E-state index contributed by atoms with van der Waals surface area (Å²) in [7, 11) is 3.28. The number of hydrogen-bond donors (Lipinski definition) is 1. The van der Waals surface area contributed by atoms with Gasteiger partial charge in [0, 0.05) is 27.6 Å². The van der Waals surface area contributed by atoms with E-state index in [4.69, 9.17) is 0 Å². The van der Waals surface area contributed by atoms with Crippen LogP contribution in [-0.2, 0) is 4.79 Å². The largest absolute Gasteiger partial charge is 0.328 e. The number of nitrogens with one attached hydrogen (secondary N) is 1. The summed E-state index contributed by atoms with van der Waals surface area (Å²) >= 11 is 0. The number of carbonyl (C=O) groups is 2. The first-order valence-corrected chi connectivity index (χ1v) is 5.96. The van der Waals surface area contributed by atoms with Crippen LogP contribution in [0.1, 0.15) is 19.7 Å². The maximum absolute atomic E-state index is 11.8. The fraction of sp³-hybridized carbons (Fsp3) is 0.500. The van der Waals surface area contributed by atoms with Crippen molar-refractivity contribution in [3.05, 3.63) is 12.0 Å². The third-order valence-electron chi connectivity index (χ3n) is 2.74. The average Bonchev–Trinajstić information content (AvgIpc) is 2.38. The van der Waals surface area contributed by atoms with Crippen molar-refractivity contribution < 1.29 is 9.59 Å². The van der Waals surface area contributed by atoms with Crippen LogP contribution in [-0.4, -0.2) is 47.4 Å². The highest BCUT2D eigenvalue weighted by molar-refractivity contribution is 5.97. The minimum absolute atomic E-state index is 0.169. The van der Waals surface area contributed by atoms with Gasteiger partial charge in [0.05, 0.1) is 6.20 Å². The summed E-state index contributed by atoms with van der Waals surface area (Å²) in [5.74, 6) is 0.750. The molecular formula is C12H19N5O2. The number of carbonyl (C=O) groups excluding carboxylic acids is 2. The molecule has 0 fully saturated rings. The van der Waals surface area contributed by atoms with Gasteiger partial charge >= 0.3 is 6.03 Å². The lowest BCUT2D eigenvalue weighted by atomic mass is 10.4. The fourth-order valence-corrected chi connectivity index (χ4v) is 1.31. The average molecular weight is 265 g/mol. The molecule has 1 aromatic rings.